The Balaban J connectivity index is 2.03. The van der Waals surface area contributed by atoms with Crippen LogP contribution in [-0.4, -0.2) is 20.5 Å². The summed E-state index contributed by atoms with van der Waals surface area (Å²) >= 11 is 6.43. The molecular formula is C20H19ClN4O. The van der Waals surface area contributed by atoms with Gasteiger partial charge in [-0.15, -0.1) is 0 Å². The number of rotatable bonds is 5. The topological polar surface area (TPSA) is 74.5 Å². The first kappa shape index (κ1) is 18.0. The van der Waals surface area contributed by atoms with Gasteiger partial charge in [0.2, 0.25) is 5.78 Å². The quantitative estimate of drug-likeness (QED) is 0.401. The van der Waals surface area contributed by atoms with Crippen LogP contribution in [0.1, 0.15) is 35.5 Å². The van der Waals surface area contributed by atoms with E-state index < -0.39 is 0 Å². The van der Waals surface area contributed by atoms with Crippen molar-refractivity contribution in [1.82, 2.24) is 14.8 Å². The van der Waals surface area contributed by atoms with Crippen LogP contribution in [-0.2, 0) is 6.54 Å². The predicted molar refractivity (Wildman–Crippen MR) is 103 cm³/mol. The van der Waals surface area contributed by atoms with E-state index in [1.165, 1.54) is 6.08 Å². The van der Waals surface area contributed by atoms with E-state index in [1.54, 1.807) is 10.9 Å². The van der Waals surface area contributed by atoms with Gasteiger partial charge in [0.1, 0.15) is 16.8 Å². The Labute approximate surface area is 156 Å². The van der Waals surface area contributed by atoms with Crippen molar-refractivity contribution in [2.45, 2.75) is 27.3 Å². The number of nitrogens with one attached hydrogen (secondary N) is 1. The second kappa shape index (κ2) is 7.19. The molecule has 1 N–H and O–H groups in total. The number of aromatic nitrogens is 3. The molecular weight excluding hydrogens is 348 g/mol. The molecule has 6 heteroatoms. The molecule has 0 fully saturated rings. The van der Waals surface area contributed by atoms with Crippen LogP contribution in [0.4, 0.5) is 0 Å². The van der Waals surface area contributed by atoms with E-state index in [4.69, 9.17) is 11.6 Å². The van der Waals surface area contributed by atoms with E-state index >= 15 is 0 Å². The number of carbonyl (C=O) groups excluding carboxylic acids is 1. The average molecular weight is 367 g/mol. The number of carbonyl (C=O) groups is 1. The number of H-pyrrole nitrogens is 1. The van der Waals surface area contributed by atoms with Gasteiger partial charge in [0.05, 0.1) is 5.69 Å². The van der Waals surface area contributed by atoms with Crippen molar-refractivity contribution >= 4 is 34.4 Å². The Kier molecular flexibility index (Phi) is 4.97. The number of para-hydroxylation sites is 1. The summed E-state index contributed by atoms with van der Waals surface area (Å²) in [5.41, 5.74) is 2.65. The first-order chi connectivity index (χ1) is 12.4. The maximum absolute atomic E-state index is 12.9. The number of benzene rings is 1. The highest BCUT2D eigenvalue weighted by molar-refractivity contribution is 6.31. The highest BCUT2D eigenvalue weighted by Crippen LogP contribution is 2.26. The molecule has 2 aromatic heterocycles. The lowest BCUT2D eigenvalue weighted by atomic mass is 10.0. The van der Waals surface area contributed by atoms with Crippen molar-refractivity contribution in [3.63, 3.8) is 0 Å². The zero-order valence-corrected chi connectivity index (χ0v) is 15.6. The van der Waals surface area contributed by atoms with Gasteiger partial charge >= 0.3 is 0 Å². The first-order valence-electron chi connectivity index (χ1n) is 8.38. The lowest BCUT2D eigenvalue weighted by Crippen LogP contribution is -2.06. The van der Waals surface area contributed by atoms with Crippen LogP contribution in [0.25, 0.3) is 17.0 Å². The molecule has 0 aliphatic carbocycles. The number of allylic oxidation sites excluding steroid dienone is 1. The van der Waals surface area contributed by atoms with Crippen molar-refractivity contribution < 1.29 is 4.79 Å². The van der Waals surface area contributed by atoms with Crippen LogP contribution < -0.4 is 0 Å². The Bertz CT molecular complexity index is 1050. The van der Waals surface area contributed by atoms with E-state index in [0.717, 1.165) is 10.9 Å². The Morgan fingerprint density at radius 2 is 2.15 bits per heavy atom. The van der Waals surface area contributed by atoms with Crippen LogP contribution in [0.3, 0.4) is 0 Å². The zero-order valence-electron chi connectivity index (χ0n) is 14.9. The van der Waals surface area contributed by atoms with Crippen LogP contribution in [0, 0.1) is 24.2 Å². The number of ketones is 1. The minimum absolute atomic E-state index is 0.0313. The largest absolute Gasteiger partial charge is 0.360 e. The van der Waals surface area contributed by atoms with E-state index in [1.807, 2.05) is 37.3 Å². The predicted octanol–water partition coefficient (Wildman–Crippen LogP) is 4.77. The fourth-order valence-electron chi connectivity index (χ4n) is 2.90. The number of hydrogen-bond donors (Lipinski definition) is 1. The molecule has 0 amide bonds. The molecule has 2 heterocycles. The Hall–Kier alpha value is -2.84. The minimum atomic E-state index is -0.336. The molecule has 0 atom stereocenters. The molecule has 0 spiro atoms. The smallest absolute Gasteiger partial charge is 0.205 e. The molecule has 3 rings (SSSR count). The van der Waals surface area contributed by atoms with Gasteiger partial charge < -0.3 is 4.98 Å². The monoisotopic (exact) mass is 366 g/mol. The standard InChI is InChI=1S/C20H19ClN4O/c1-12(2)11-25-20(21)16(13(3)24-25)8-14(9-22)19(26)17-10-23-18-7-5-4-6-15(17)18/h4-8,10,12,23H,11H2,1-3H3/b14-8+. The molecule has 0 aliphatic heterocycles. The Morgan fingerprint density at radius 3 is 2.85 bits per heavy atom. The molecule has 0 aliphatic rings. The van der Waals surface area contributed by atoms with Gasteiger partial charge in [0.15, 0.2) is 0 Å². The fourth-order valence-corrected chi connectivity index (χ4v) is 3.19. The van der Waals surface area contributed by atoms with Crippen molar-refractivity contribution in [2.75, 3.05) is 0 Å². The number of Topliss-reactive ketones (excluding diaryl/α,β-unsaturated/α-hetero) is 1. The average Bonchev–Trinajstić information content (AvgIpc) is 3.14. The van der Waals surface area contributed by atoms with Crippen LogP contribution in [0.15, 0.2) is 36.0 Å². The third kappa shape index (κ3) is 3.29. The van der Waals surface area contributed by atoms with Crippen molar-refractivity contribution in [3.05, 3.63) is 58.0 Å². The molecule has 3 aromatic rings. The summed E-state index contributed by atoms with van der Waals surface area (Å²) in [4.78, 5) is 15.9. The fraction of sp³-hybridized carbons (Fsp3) is 0.250. The van der Waals surface area contributed by atoms with Crippen molar-refractivity contribution in [3.8, 4) is 6.07 Å². The summed E-state index contributed by atoms with van der Waals surface area (Å²) in [7, 11) is 0. The van der Waals surface area contributed by atoms with Crippen LogP contribution in [0.5, 0.6) is 0 Å². The first-order valence-corrected chi connectivity index (χ1v) is 8.75. The number of nitrogens with zero attached hydrogens (tertiary/aromatic N) is 3. The summed E-state index contributed by atoms with van der Waals surface area (Å²) in [5, 5.41) is 15.2. The Morgan fingerprint density at radius 1 is 1.42 bits per heavy atom. The van der Waals surface area contributed by atoms with Crippen LogP contribution in [0.2, 0.25) is 5.15 Å². The molecule has 0 bridgehead atoms. The number of halogens is 1. The second-order valence-corrected chi connectivity index (χ2v) is 6.97. The second-order valence-electron chi connectivity index (χ2n) is 6.61. The van der Waals surface area contributed by atoms with Gasteiger partial charge in [-0.2, -0.15) is 10.4 Å². The maximum atomic E-state index is 12.9. The van der Waals surface area contributed by atoms with E-state index in [2.05, 4.69) is 23.9 Å². The highest BCUT2D eigenvalue weighted by atomic mass is 35.5. The number of aryl methyl sites for hydroxylation is 1. The molecule has 26 heavy (non-hydrogen) atoms. The molecule has 0 unspecified atom stereocenters. The van der Waals surface area contributed by atoms with Crippen LogP contribution >= 0.6 is 11.6 Å². The molecule has 132 valence electrons. The van der Waals surface area contributed by atoms with E-state index in [0.29, 0.717) is 34.4 Å². The number of fused-ring (bicyclic) bond motifs is 1. The van der Waals surface area contributed by atoms with Crippen molar-refractivity contribution in [2.24, 2.45) is 5.92 Å². The number of aromatic amines is 1. The van der Waals surface area contributed by atoms with E-state index in [9.17, 15) is 10.1 Å². The summed E-state index contributed by atoms with van der Waals surface area (Å²) in [5.74, 6) is 0.0453. The molecule has 0 radical (unpaired) electrons. The summed E-state index contributed by atoms with van der Waals surface area (Å²) < 4.78 is 1.71. The lowest BCUT2D eigenvalue weighted by Gasteiger charge is -2.05. The van der Waals surface area contributed by atoms with Gasteiger partial charge in [-0.3, -0.25) is 9.48 Å². The minimum Gasteiger partial charge on any atom is -0.360 e. The third-order valence-electron chi connectivity index (χ3n) is 4.14. The summed E-state index contributed by atoms with van der Waals surface area (Å²) in [6.07, 6.45) is 3.17. The van der Waals surface area contributed by atoms with E-state index in [-0.39, 0.29) is 11.4 Å². The van der Waals surface area contributed by atoms with Crippen molar-refractivity contribution in [1.29, 1.82) is 5.26 Å². The molecule has 0 saturated heterocycles. The summed E-state index contributed by atoms with van der Waals surface area (Å²) in [6, 6.07) is 9.50. The number of nitriles is 1. The van der Waals surface area contributed by atoms with Gasteiger partial charge in [-0.05, 0) is 25.0 Å². The lowest BCUT2D eigenvalue weighted by molar-refractivity contribution is 0.104. The number of hydrogen-bond acceptors (Lipinski definition) is 3. The third-order valence-corrected chi connectivity index (χ3v) is 4.53. The van der Waals surface area contributed by atoms with Gasteiger partial charge in [-0.1, -0.05) is 43.6 Å². The SMILES string of the molecule is Cc1nn(CC(C)C)c(Cl)c1/C=C(\C#N)C(=O)c1c[nH]c2ccccc12. The summed E-state index contributed by atoms with van der Waals surface area (Å²) in [6.45, 7) is 6.64. The van der Waals surface area contributed by atoms with Gasteiger partial charge in [-0.25, -0.2) is 0 Å². The molecule has 0 saturated carbocycles. The normalized spacial score (nSPS) is 11.9. The zero-order chi connectivity index (χ0) is 18.8. The maximum Gasteiger partial charge on any atom is 0.205 e. The molecule has 1 aromatic carbocycles. The molecule has 5 nitrogen and oxygen atoms in total. The van der Waals surface area contributed by atoms with Gasteiger partial charge in [0.25, 0.3) is 0 Å². The van der Waals surface area contributed by atoms with Gasteiger partial charge in [0, 0.05) is 34.8 Å². The highest BCUT2D eigenvalue weighted by Gasteiger charge is 2.19.